The Morgan fingerprint density at radius 3 is 1.82 bits per heavy atom. The molecule has 10 heteroatoms. The summed E-state index contributed by atoms with van der Waals surface area (Å²) in [4.78, 5) is 23.2. The Morgan fingerprint density at radius 1 is 0.727 bits per heavy atom. The van der Waals surface area contributed by atoms with Crippen LogP contribution in [0.25, 0.3) is 0 Å². The molecule has 9 nitrogen and oxygen atoms in total. The first kappa shape index (κ1) is 25.2. The molecule has 0 saturated carbocycles. The number of rotatable bonds is 6. The lowest BCUT2D eigenvalue weighted by Crippen LogP contribution is -2.20. The summed E-state index contributed by atoms with van der Waals surface area (Å²) in [7, 11) is -3.82. The predicted octanol–water partition coefficient (Wildman–Crippen LogP) is 4.70. The van der Waals surface area contributed by atoms with Crippen LogP contribution in [0.15, 0.2) is 77.7 Å². The van der Waals surface area contributed by atoms with Gasteiger partial charge < -0.3 is 21.7 Å². The largest absolute Gasteiger partial charge is 0.397 e. The maximum absolute atomic E-state index is 12.5. The van der Waals surface area contributed by atoms with Crippen molar-refractivity contribution in [3.8, 4) is 0 Å². The Hall–Kier alpha value is -4.05. The van der Waals surface area contributed by atoms with E-state index in [-0.39, 0.29) is 10.8 Å². The standard InChI is InChI=1S/C21H21N5O4S.C2H6/c1-14(27)23-15-10-12-18(13-11-15)31(29,30)26-17-8-6-16(7-9-17)24-21(28)25-20-5-3-2-4-19(20)22;1-2/h2-13,26H,22H2,1H3,(H,23,27)(H2,24,25,28);1-2H3. The van der Waals surface area contributed by atoms with Crippen molar-refractivity contribution in [2.75, 3.05) is 26.4 Å². The maximum Gasteiger partial charge on any atom is 0.323 e. The van der Waals surface area contributed by atoms with Gasteiger partial charge in [0.15, 0.2) is 0 Å². The topological polar surface area (TPSA) is 142 Å². The van der Waals surface area contributed by atoms with Gasteiger partial charge in [0.05, 0.1) is 16.3 Å². The highest BCUT2D eigenvalue weighted by molar-refractivity contribution is 7.92. The van der Waals surface area contributed by atoms with Crippen LogP contribution in [0.3, 0.4) is 0 Å². The molecule has 3 rings (SSSR count). The summed E-state index contributed by atoms with van der Waals surface area (Å²) in [6.45, 7) is 5.37. The molecule has 0 saturated heterocycles. The molecule has 174 valence electrons. The number of nitrogens with one attached hydrogen (secondary N) is 4. The van der Waals surface area contributed by atoms with Gasteiger partial charge in [-0.15, -0.1) is 0 Å². The normalized spacial score (nSPS) is 10.3. The van der Waals surface area contributed by atoms with E-state index in [1.54, 1.807) is 36.4 Å². The average molecular weight is 470 g/mol. The molecule has 0 fully saturated rings. The van der Waals surface area contributed by atoms with Crippen molar-refractivity contribution in [1.82, 2.24) is 0 Å². The van der Waals surface area contributed by atoms with Crippen LogP contribution in [-0.2, 0) is 14.8 Å². The zero-order chi connectivity index (χ0) is 24.4. The molecular formula is C23H27N5O4S. The smallest absolute Gasteiger partial charge is 0.323 e. The minimum atomic E-state index is -3.82. The predicted molar refractivity (Wildman–Crippen MR) is 133 cm³/mol. The van der Waals surface area contributed by atoms with Crippen LogP contribution in [0.2, 0.25) is 0 Å². The lowest BCUT2D eigenvalue weighted by atomic mass is 10.2. The number of carbonyl (C=O) groups excluding carboxylic acids is 2. The van der Waals surface area contributed by atoms with Gasteiger partial charge in [-0.3, -0.25) is 9.52 Å². The molecule has 6 N–H and O–H groups in total. The van der Waals surface area contributed by atoms with Crippen LogP contribution >= 0.6 is 0 Å². The second kappa shape index (κ2) is 11.5. The van der Waals surface area contributed by atoms with Gasteiger partial charge >= 0.3 is 6.03 Å². The SMILES string of the molecule is CC.CC(=O)Nc1ccc(S(=O)(=O)Nc2ccc(NC(=O)Nc3ccccc3N)cc2)cc1. The molecule has 0 aliphatic carbocycles. The number of urea groups is 1. The summed E-state index contributed by atoms with van der Waals surface area (Å²) < 4.78 is 27.5. The molecule has 0 aliphatic heterocycles. The number of hydrogen-bond acceptors (Lipinski definition) is 5. The van der Waals surface area contributed by atoms with Gasteiger partial charge in [-0.05, 0) is 60.7 Å². The molecule has 0 aromatic heterocycles. The molecule has 0 bridgehead atoms. The van der Waals surface area contributed by atoms with Gasteiger partial charge in [0.1, 0.15) is 0 Å². The summed E-state index contributed by atoms with van der Waals surface area (Å²) in [5.41, 5.74) is 8.00. The van der Waals surface area contributed by atoms with E-state index in [9.17, 15) is 18.0 Å². The summed E-state index contributed by atoms with van der Waals surface area (Å²) in [5.74, 6) is -0.247. The minimum absolute atomic E-state index is 0.0450. The summed E-state index contributed by atoms with van der Waals surface area (Å²) in [6, 6.07) is 18.3. The van der Waals surface area contributed by atoms with E-state index in [2.05, 4.69) is 20.7 Å². The quantitative estimate of drug-likeness (QED) is 0.333. The lowest BCUT2D eigenvalue weighted by molar-refractivity contribution is -0.114. The van der Waals surface area contributed by atoms with E-state index in [1.165, 1.54) is 43.3 Å². The van der Waals surface area contributed by atoms with E-state index < -0.39 is 16.1 Å². The zero-order valence-corrected chi connectivity index (χ0v) is 19.4. The molecule has 0 spiro atoms. The Bertz CT molecular complexity index is 1190. The lowest BCUT2D eigenvalue weighted by Gasteiger charge is -2.11. The Kier molecular flexibility index (Phi) is 8.81. The van der Waals surface area contributed by atoms with Crippen molar-refractivity contribution in [2.24, 2.45) is 0 Å². The molecule has 3 aromatic rings. The van der Waals surface area contributed by atoms with Crippen LogP contribution in [0.5, 0.6) is 0 Å². The first-order valence-corrected chi connectivity index (χ1v) is 11.6. The number of amides is 3. The highest BCUT2D eigenvalue weighted by Crippen LogP contribution is 2.21. The first-order valence-electron chi connectivity index (χ1n) is 10.2. The monoisotopic (exact) mass is 469 g/mol. The fourth-order valence-corrected chi connectivity index (χ4v) is 3.71. The molecule has 0 aliphatic rings. The number of para-hydroxylation sites is 2. The fourth-order valence-electron chi connectivity index (χ4n) is 2.65. The third-order valence-electron chi connectivity index (χ3n) is 4.09. The van der Waals surface area contributed by atoms with Crippen molar-refractivity contribution in [3.05, 3.63) is 72.8 Å². The van der Waals surface area contributed by atoms with Gasteiger partial charge in [-0.2, -0.15) is 0 Å². The molecule has 3 amide bonds. The van der Waals surface area contributed by atoms with Crippen molar-refractivity contribution >= 4 is 50.4 Å². The third kappa shape index (κ3) is 7.54. The number of anilines is 5. The van der Waals surface area contributed by atoms with Crippen molar-refractivity contribution in [3.63, 3.8) is 0 Å². The number of nitrogens with two attached hydrogens (primary N) is 1. The summed E-state index contributed by atoms with van der Waals surface area (Å²) in [5, 5.41) is 7.85. The maximum atomic E-state index is 12.5. The van der Waals surface area contributed by atoms with Gasteiger partial charge in [0.25, 0.3) is 10.0 Å². The average Bonchev–Trinajstić information content (AvgIpc) is 2.78. The molecule has 33 heavy (non-hydrogen) atoms. The Labute approximate surface area is 193 Å². The second-order valence-electron chi connectivity index (χ2n) is 6.55. The number of hydrogen-bond donors (Lipinski definition) is 5. The molecule has 3 aromatic carbocycles. The first-order chi connectivity index (χ1) is 15.7. The molecule has 0 radical (unpaired) electrons. The number of carbonyl (C=O) groups is 2. The highest BCUT2D eigenvalue weighted by Gasteiger charge is 2.14. The Morgan fingerprint density at radius 2 is 1.24 bits per heavy atom. The van der Waals surface area contributed by atoms with E-state index in [4.69, 9.17) is 5.73 Å². The number of sulfonamides is 1. The second-order valence-corrected chi connectivity index (χ2v) is 8.24. The van der Waals surface area contributed by atoms with E-state index >= 15 is 0 Å². The van der Waals surface area contributed by atoms with Crippen LogP contribution in [0, 0.1) is 0 Å². The van der Waals surface area contributed by atoms with Crippen LogP contribution in [0.1, 0.15) is 20.8 Å². The van der Waals surface area contributed by atoms with Crippen molar-refractivity contribution < 1.29 is 18.0 Å². The summed E-state index contributed by atoms with van der Waals surface area (Å²) >= 11 is 0. The van der Waals surface area contributed by atoms with Crippen molar-refractivity contribution in [2.45, 2.75) is 25.7 Å². The number of benzene rings is 3. The van der Waals surface area contributed by atoms with Crippen LogP contribution in [0.4, 0.5) is 33.2 Å². The summed E-state index contributed by atoms with van der Waals surface area (Å²) in [6.07, 6.45) is 0. The van der Waals surface area contributed by atoms with Crippen LogP contribution in [-0.4, -0.2) is 20.4 Å². The minimum Gasteiger partial charge on any atom is -0.397 e. The fraction of sp³-hybridized carbons (Fsp3) is 0.130. The van der Waals surface area contributed by atoms with Crippen LogP contribution < -0.4 is 26.4 Å². The third-order valence-corrected chi connectivity index (χ3v) is 5.49. The zero-order valence-electron chi connectivity index (χ0n) is 18.5. The van der Waals surface area contributed by atoms with Gasteiger partial charge in [-0.1, -0.05) is 26.0 Å². The highest BCUT2D eigenvalue weighted by atomic mass is 32.2. The van der Waals surface area contributed by atoms with E-state index in [1.807, 2.05) is 13.8 Å². The van der Waals surface area contributed by atoms with Gasteiger partial charge in [-0.25, -0.2) is 13.2 Å². The Balaban J connectivity index is 0.00000187. The molecule has 0 unspecified atom stereocenters. The molecule has 0 heterocycles. The van der Waals surface area contributed by atoms with E-state index in [0.717, 1.165) is 0 Å². The van der Waals surface area contributed by atoms with Gasteiger partial charge in [0, 0.05) is 24.0 Å². The molecule has 0 atom stereocenters. The van der Waals surface area contributed by atoms with Gasteiger partial charge in [0.2, 0.25) is 5.91 Å². The number of nitrogen functional groups attached to an aromatic ring is 1. The van der Waals surface area contributed by atoms with Crippen molar-refractivity contribution in [1.29, 1.82) is 0 Å². The molecular weight excluding hydrogens is 442 g/mol. The van der Waals surface area contributed by atoms with E-state index in [0.29, 0.717) is 28.4 Å².